The van der Waals surface area contributed by atoms with Gasteiger partial charge in [-0.3, -0.25) is 4.79 Å². The third kappa shape index (κ3) is 5.94. The Balaban J connectivity index is 1.51. The van der Waals surface area contributed by atoms with Gasteiger partial charge >= 0.3 is 0 Å². The van der Waals surface area contributed by atoms with Crippen molar-refractivity contribution in [2.75, 3.05) is 18.5 Å². The maximum absolute atomic E-state index is 12.1. The van der Waals surface area contributed by atoms with Crippen LogP contribution in [0.2, 0.25) is 0 Å². The van der Waals surface area contributed by atoms with Crippen molar-refractivity contribution in [3.8, 4) is 16.9 Å². The molecule has 29 heavy (non-hydrogen) atoms. The lowest BCUT2D eigenvalue weighted by atomic mass is 10.0. The van der Waals surface area contributed by atoms with Crippen LogP contribution in [-0.4, -0.2) is 24.8 Å². The quantitative estimate of drug-likeness (QED) is 0.435. The third-order valence-electron chi connectivity index (χ3n) is 4.38. The largest absolute Gasteiger partial charge is 0.494 e. The summed E-state index contributed by atoms with van der Waals surface area (Å²) in [6.45, 7) is 4.58. The highest BCUT2D eigenvalue weighted by Crippen LogP contribution is 2.19. The van der Waals surface area contributed by atoms with Crippen LogP contribution in [0.1, 0.15) is 19.4 Å². The van der Waals surface area contributed by atoms with E-state index in [0.717, 1.165) is 28.3 Å². The van der Waals surface area contributed by atoms with Crippen molar-refractivity contribution < 1.29 is 9.53 Å². The van der Waals surface area contributed by atoms with Gasteiger partial charge < -0.3 is 10.1 Å². The summed E-state index contributed by atoms with van der Waals surface area (Å²) in [6, 6.07) is 25.8. The number of hydrogen-bond donors (Lipinski definition) is 2. The van der Waals surface area contributed by atoms with Crippen LogP contribution >= 0.6 is 0 Å². The van der Waals surface area contributed by atoms with E-state index in [-0.39, 0.29) is 12.5 Å². The average molecular weight is 387 g/mol. The summed E-state index contributed by atoms with van der Waals surface area (Å²) < 4.78 is 5.40. The first kappa shape index (κ1) is 20.1. The number of amides is 1. The van der Waals surface area contributed by atoms with Crippen LogP contribution in [0.25, 0.3) is 11.1 Å². The number of benzene rings is 3. The molecule has 0 unspecified atom stereocenters. The fourth-order valence-corrected chi connectivity index (χ4v) is 2.80. The summed E-state index contributed by atoms with van der Waals surface area (Å²) in [5.41, 5.74) is 7.46. The van der Waals surface area contributed by atoms with E-state index in [9.17, 15) is 4.79 Å². The molecule has 0 heterocycles. The van der Waals surface area contributed by atoms with Crippen LogP contribution in [0.3, 0.4) is 0 Å². The van der Waals surface area contributed by atoms with Crippen LogP contribution in [0.5, 0.6) is 5.75 Å². The lowest BCUT2D eigenvalue weighted by Gasteiger charge is -2.08. The van der Waals surface area contributed by atoms with Crippen LogP contribution in [0.15, 0.2) is 84.0 Å². The maximum atomic E-state index is 12.1. The van der Waals surface area contributed by atoms with E-state index in [4.69, 9.17) is 4.74 Å². The van der Waals surface area contributed by atoms with Crippen molar-refractivity contribution in [2.45, 2.75) is 13.8 Å². The van der Waals surface area contributed by atoms with E-state index in [1.165, 1.54) is 5.56 Å². The highest BCUT2D eigenvalue weighted by molar-refractivity contribution is 5.99. The number of hydrazone groups is 1. The first-order chi connectivity index (χ1) is 14.2. The van der Waals surface area contributed by atoms with E-state index < -0.39 is 0 Å². The number of ether oxygens (including phenoxy) is 1. The summed E-state index contributed by atoms with van der Waals surface area (Å²) in [4.78, 5) is 12.1. The van der Waals surface area contributed by atoms with Gasteiger partial charge in [-0.2, -0.15) is 5.10 Å². The molecule has 0 aliphatic carbocycles. The molecule has 0 fully saturated rings. The minimum absolute atomic E-state index is 0.137. The molecular weight excluding hydrogens is 362 g/mol. The molecule has 3 aromatic rings. The molecule has 0 saturated carbocycles. The molecule has 0 aliphatic rings. The Hall–Kier alpha value is -3.60. The molecule has 5 nitrogen and oxygen atoms in total. The van der Waals surface area contributed by atoms with E-state index in [0.29, 0.717) is 6.61 Å². The van der Waals surface area contributed by atoms with E-state index in [1.54, 1.807) is 0 Å². The normalized spacial score (nSPS) is 11.0. The highest BCUT2D eigenvalue weighted by atomic mass is 16.5. The predicted octanol–water partition coefficient (Wildman–Crippen LogP) is 4.70. The molecule has 2 N–H and O–H groups in total. The number of nitrogens with zero attached hydrogens (tertiary/aromatic N) is 1. The molecule has 3 rings (SSSR count). The maximum Gasteiger partial charge on any atom is 0.259 e. The summed E-state index contributed by atoms with van der Waals surface area (Å²) in [6.07, 6.45) is 0. The molecule has 0 radical (unpaired) electrons. The standard InChI is InChI=1S/C24H25N3O2/c1-3-29-23-15-13-22(14-16-23)25-17-24(28)27-26-18(2)19-9-11-21(12-10-19)20-7-5-4-6-8-20/h4-16,25H,3,17H2,1-2H3,(H,27,28)/b26-18-. The monoisotopic (exact) mass is 387 g/mol. The van der Waals surface area contributed by atoms with Crippen LogP contribution < -0.4 is 15.5 Å². The molecule has 3 aromatic carbocycles. The van der Waals surface area contributed by atoms with Gasteiger partial charge in [-0.1, -0.05) is 54.6 Å². The Morgan fingerprint density at radius 2 is 1.55 bits per heavy atom. The summed E-state index contributed by atoms with van der Waals surface area (Å²) in [7, 11) is 0. The SMILES string of the molecule is CCOc1ccc(NCC(=O)N/N=C(/C)c2ccc(-c3ccccc3)cc2)cc1. The topological polar surface area (TPSA) is 62.7 Å². The van der Waals surface area contributed by atoms with E-state index in [1.807, 2.05) is 68.4 Å². The van der Waals surface area contributed by atoms with Gasteiger partial charge in [0.05, 0.1) is 18.9 Å². The zero-order valence-corrected chi connectivity index (χ0v) is 16.7. The van der Waals surface area contributed by atoms with Gasteiger partial charge in [-0.25, -0.2) is 5.43 Å². The molecule has 5 heteroatoms. The first-order valence-electron chi connectivity index (χ1n) is 9.61. The number of anilines is 1. The van der Waals surface area contributed by atoms with Gasteiger partial charge in [0.1, 0.15) is 5.75 Å². The predicted molar refractivity (Wildman–Crippen MR) is 118 cm³/mol. The second-order valence-corrected chi connectivity index (χ2v) is 6.49. The van der Waals surface area contributed by atoms with Crippen molar-refractivity contribution in [3.63, 3.8) is 0 Å². The average Bonchev–Trinajstić information content (AvgIpc) is 2.78. The van der Waals surface area contributed by atoms with Gasteiger partial charge in [-0.05, 0) is 54.8 Å². The minimum Gasteiger partial charge on any atom is -0.494 e. The molecule has 0 atom stereocenters. The van der Waals surface area contributed by atoms with Gasteiger partial charge in [0, 0.05) is 5.69 Å². The number of nitrogens with one attached hydrogen (secondary N) is 2. The van der Waals surface area contributed by atoms with E-state index in [2.05, 4.69) is 40.1 Å². The number of carbonyl (C=O) groups excluding carboxylic acids is 1. The zero-order valence-electron chi connectivity index (χ0n) is 16.7. The Morgan fingerprint density at radius 1 is 0.897 bits per heavy atom. The van der Waals surface area contributed by atoms with Crippen molar-refractivity contribution in [2.24, 2.45) is 5.10 Å². The Labute approximate surface area is 171 Å². The molecular formula is C24H25N3O2. The second-order valence-electron chi connectivity index (χ2n) is 6.49. The van der Waals surface area contributed by atoms with E-state index >= 15 is 0 Å². The third-order valence-corrected chi connectivity index (χ3v) is 4.38. The fourth-order valence-electron chi connectivity index (χ4n) is 2.80. The summed E-state index contributed by atoms with van der Waals surface area (Å²) in [5.74, 6) is 0.597. The van der Waals surface area contributed by atoms with Crippen LogP contribution in [0, 0.1) is 0 Å². The number of carbonyl (C=O) groups is 1. The first-order valence-corrected chi connectivity index (χ1v) is 9.61. The van der Waals surface area contributed by atoms with Gasteiger partial charge in [0.2, 0.25) is 0 Å². The zero-order chi connectivity index (χ0) is 20.5. The number of hydrogen-bond acceptors (Lipinski definition) is 4. The van der Waals surface area contributed by atoms with Crippen molar-refractivity contribution in [3.05, 3.63) is 84.4 Å². The molecule has 1 amide bonds. The number of rotatable bonds is 8. The highest BCUT2D eigenvalue weighted by Gasteiger charge is 2.03. The molecule has 0 saturated heterocycles. The Kier molecular flexibility index (Phi) is 7.00. The molecule has 0 bridgehead atoms. The lowest BCUT2D eigenvalue weighted by Crippen LogP contribution is -2.26. The molecule has 0 aromatic heterocycles. The fraction of sp³-hybridized carbons (Fsp3) is 0.167. The van der Waals surface area contributed by atoms with Gasteiger partial charge in [0.15, 0.2) is 0 Å². The Bertz CT molecular complexity index is 950. The Morgan fingerprint density at radius 3 is 2.21 bits per heavy atom. The van der Waals surface area contributed by atoms with Gasteiger partial charge in [0.25, 0.3) is 5.91 Å². The molecule has 148 valence electrons. The molecule has 0 aliphatic heterocycles. The van der Waals surface area contributed by atoms with Crippen molar-refractivity contribution >= 4 is 17.3 Å². The molecule has 0 spiro atoms. The van der Waals surface area contributed by atoms with Crippen LogP contribution in [-0.2, 0) is 4.79 Å². The lowest BCUT2D eigenvalue weighted by molar-refractivity contribution is -0.119. The smallest absolute Gasteiger partial charge is 0.259 e. The second kappa shape index (κ2) is 10.1. The van der Waals surface area contributed by atoms with Gasteiger partial charge in [-0.15, -0.1) is 0 Å². The van der Waals surface area contributed by atoms with Crippen molar-refractivity contribution in [1.82, 2.24) is 5.43 Å². The summed E-state index contributed by atoms with van der Waals surface area (Å²) >= 11 is 0. The summed E-state index contributed by atoms with van der Waals surface area (Å²) in [5, 5.41) is 7.27. The van der Waals surface area contributed by atoms with Crippen LogP contribution in [0.4, 0.5) is 5.69 Å². The minimum atomic E-state index is -0.209. The van der Waals surface area contributed by atoms with Crippen molar-refractivity contribution in [1.29, 1.82) is 0 Å².